The van der Waals surface area contributed by atoms with Crippen molar-refractivity contribution in [3.63, 3.8) is 0 Å². The van der Waals surface area contributed by atoms with Gasteiger partial charge in [0, 0.05) is 0 Å². The van der Waals surface area contributed by atoms with Crippen molar-refractivity contribution in [1.82, 2.24) is 5.32 Å². The van der Waals surface area contributed by atoms with Crippen LogP contribution in [0.2, 0.25) is 0 Å². The maximum Gasteiger partial charge on any atom is 0.258 e. The normalized spacial score (nSPS) is 11.9. The van der Waals surface area contributed by atoms with Gasteiger partial charge >= 0.3 is 0 Å². The van der Waals surface area contributed by atoms with Gasteiger partial charge in [-0.3, -0.25) is 4.79 Å². The number of furan rings is 1. The lowest BCUT2D eigenvalue weighted by Crippen LogP contribution is -2.28. The predicted octanol–water partition coefficient (Wildman–Crippen LogP) is 3.49. The van der Waals surface area contributed by atoms with E-state index in [1.807, 2.05) is 30.3 Å². The molecule has 1 N–H and O–H groups in total. The molecule has 112 valence electrons. The van der Waals surface area contributed by atoms with Gasteiger partial charge in [-0.25, -0.2) is 0 Å². The number of nitrogens with one attached hydrogen (secondary N) is 1. The first-order valence-corrected chi connectivity index (χ1v) is 7.21. The fourth-order valence-electron chi connectivity index (χ4n) is 2.03. The van der Waals surface area contributed by atoms with Crippen molar-refractivity contribution in [2.24, 2.45) is 0 Å². The van der Waals surface area contributed by atoms with E-state index in [4.69, 9.17) is 9.15 Å². The molecule has 4 heteroatoms. The molecule has 0 saturated carbocycles. The quantitative estimate of drug-likeness (QED) is 0.848. The lowest BCUT2D eigenvalue weighted by atomic mass is 9.98. The summed E-state index contributed by atoms with van der Waals surface area (Å²) in [7, 11) is 0. The number of para-hydroxylation sites is 1. The Morgan fingerprint density at radius 3 is 2.81 bits per heavy atom. The van der Waals surface area contributed by atoms with Crippen molar-refractivity contribution in [1.29, 1.82) is 0 Å². The first-order valence-electron chi connectivity index (χ1n) is 7.21. The van der Waals surface area contributed by atoms with E-state index >= 15 is 0 Å². The van der Waals surface area contributed by atoms with E-state index in [9.17, 15) is 4.79 Å². The average Bonchev–Trinajstić information content (AvgIpc) is 3.04. The molecule has 21 heavy (non-hydrogen) atoms. The summed E-state index contributed by atoms with van der Waals surface area (Å²) in [6, 6.07) is 11.5. The fraction of sp³-hybridized carbons (Fsp3) is 0.353. The molecule has 0 radical (unpaired) electrons. The third-order valence-corrected chi connectivity index (χ3v) is 3.46. The second-order valence-electron chi connectivity index (χ2n) is 4.99. The lowest BCUT2D eigenvalue weighted by molar-refractivity contribution is -0.123. The van der Waals surface area contributed by atoms with Gasteiger partial charge in [0.2, 0.25) is 0 Å². The summed E-state index contributed by atoms with van der Waals surface area (Å²) in [6.07, 6.45) is 2.62. The average molecular weight is 287 g/mol. The Labute approximate surface area is 125 Å². The highest BCUT2D eigenvalue weighted by Gasteiger charge is 2.11. The second-order valence-corrected chi connectivity index (χ2v) is 4.99. The number of hydrogen-bond acceptors (Lipinski definition) is 3. The molecule has 2 aromatic rings. The molecule has 1 aromatic heterocycles. The van der Waals surface area contributed by atoms with Crippen LogP contribution >= 0.6 is 0 Å². The fourth-order valence-corrected chi connectivity index (χ4v) is 2.03. The smallest absolute Gasteiger partial charge is 0.258 e. The maximum atomic E-state index is 11.8. The van der Waals surface area contributed by atoms with Gasteiger partial charge < -0.3 is 14.5 Å². The van der Waals surface area contributed by atoms with Crippen LogP contribution in [0.1, 0.15) is 37.5 Å². The van der Waals surface area contributed by atoms with E-state index in [1.165, 1.54) is 0 Å². The Hall–Kier alpha value is -2.23. The second kappa shape index (κ2) is 7.53. The number of hydrogen-bond donors (Lipinski definition) is 1. The van der Waals surface area contributed by atoms with Gasteiger partial charge in [0.15, 0.2) is 6.61 Å². The number of carbonyl (C=O) groups is 1. The molecule has 0 spiro atoms. The summed E-state index contributed by atoms with van der Waals surface area (Å²) in [5.41, 5.74) is 1.14. The van der Waals surface area contributed by atoms with E-state index in [0.717, 1.165) is 23.5 Å². The zero-order valence-electron chi connectivity index (χ0n) is 12.5. The van der Waals surface area contributed by atoms with Crippen LogP contribution in [0, 0.1) is 0 Å². The van der Waals surface area contributed by atoms with Crippen molar-refractivity contribution < 1.29 is 13.9 Å². The SMILES string of the molecule is CCC(C)c1ccccc1OCC(=O)NCc1ccco1. The van der Waals surface area contributed by atoms with Crippen molar-refractivity contribution >= 4 is 5.91 Å². The molecule has 1 atom stereocenters. The monoisotopic (exact) mass is 287 g/mol. The van der Waals surface area contributed by atoms with Gasteiger partial charge in [0.25, 0.3) is 5.91 Å². The molecule has 0 aliphatic carbocycles. The Morgan fingerprint density at radius 2 is 2.10 bits per heavy atom. The van der Waals surface area contributed by atoms with Crippen LogP contribution in [0.15, 0.2) is 47.1 Å². The predicted molar refractivity (Wildman–Crippen MR) is 81.2 cm³/mol. The van der Waals surface area contributed by atoms with E-state index in [1.54, 1.807) is 12.3 Å². The number of amides is 1. The zero-order chi connectivity index (χ0) is 15.1. The summed E-state index contributed by atoms with van der Waals surface area (Å²) < 4.78 is 10.8. The Kier molecular flexibility index (Phi) is 5.43. The number of ether oxygens (including phenoxy) is 1. The first-order chi connectivity index (χ1) is 10.2. The standard InChI is InChI=1S/C17H21NO3/c1-3-13(2)15-8-4-5-9-16(15)21-12-17(19)18-11-14-7-6-10-20-14/h4-10,13H,3,11-12H2,1-2H3,(H,18,19). The molecule has 1 heterocycles. The molecule has 0 saturated heterocycles. The minimum atomic E-state index is -0.162. The molecular formula is C17H21NO3. The van der Waals surface area contributed by atoms with Crippen molar-refractivity contribution in [3.8, 4) is 5.75 Å². The highest BCUT2D eigenvalue weighted by molar-refractivity contribution is 5.77. The molecule has 4 nitrogen and oxygen atoms in total. The lowest BCUT2D eigenvalue weighted by Gasteiger charge is -2.15. The summed E-state index contributed by atoms with van der Waals surface area (Å²) in [6.45, 7) is 4.67. The summed E-state index contributed by atoms with van der Waals surface area (Å²) in [5, 5.41) is 2.76. The molecule has 0 bridgehead atoms. The first kappa shape index (κ1) is 15.2. The van der Waals surface area contributed by atoms with Gasteiger partial charge in [0.05, 0.1) is 12.8 Å². The Bertz CT molecular complexity index is 563. The summed E-state index contributed by atoms with van der Waals surface area (Å²) in [5.74, 6) is 1.75. The van der Waals surface area contributed by atoms with Crippen LogP contribution in [0.3, 0.4) is 0 Å². The molecule has 2 rings (SSSR count). The molecule has 1 aromatic carbocycles. The van der Waals surface area contributed by atoms with Gasteiger partial charge in [-0.1, -0.05) is 32.0 Å². The van der Waals surface area contributed by atoms with Crippen LogP contribution in [-0.2, 0) is 11.3 Å². The van der Waals surface area contributed by atoms with Crippen LogP contribution in [0.5, 0.6) is 5.75 Å². The van der Waals surface area contributed by atoms with Gasteiger partial charge in [-0.2, -0.15) is 0 Å². The maximum absolute atomic E-state index is 11.8. The minimum absolute atomic E-state index is 0.00809. The summed E-state index contributed by atoms with van der Waals surface area (Å²) in [4.78, 5) is 11.8. The van der Waals surface area contributed by atoms with Crippen LogP contribution in [0.25, 0.3) is 0 Å². The van der Waals surface area contributed by atoms with Gasteiger partial charge in [-0.05, 0) is 36.1 Å². The highest BCUT2D eigenvalue weighted by atomic mass is 16.5. The summed E-state index contributed by atoms with van der Waals surface area (Å²) >= 11 is 0. The van der Waals surface area contributed by atoms with E-state index in [2.05, 4.69) is 19.2 Å². The molecule has 1 amide bonds. The largest absolute Gasteiger partial charge is 0.483 e. The Morgan fingerprint density at radius 1 is 1.29 bits per heavy atom. The zero-order valence-corrected chi connectivity index (χ0v) is 12.5. The van der Waals surface area contributed by atoms with Crippen molar-refractivity contribution in [2.75, 3.05) is 6.61 Å². The van der Waals surface area contributed by atoms with Crippen LogP contribution in [-0.4, -0.2) is 12.5 Å². The third kappa shape index (κ3) is 4.38. The highest BCUT2D eigenvalue weighted by Crippen LogP contribution is 2.28. The Balaban J connectivity index is 1.86. The number of benzene rings is 1. The van der Waals surface area contributed by atoms with Crippen LogP contribution in [0.4, 0.5) is 0 Å². The van der Waals surface area contributed by atoms with Crippen LogP contribution < -0.4 is 10.1 Å². The van der Waals surface area contributed by atoms with E-state index in [0.29, 0.717) is 12.5 Å². The van der Waals surface area contributed by atoms with Crippen molar-refractivity contribution in [3.05, 3.63) is 54.0 Å². The number of rotatable bonds is 7. The molecule has 1 unspecified atom stereocenters. The van der Waals surface area contributed by atoms with E-state index in [-0.39, 0.29) is 12.5 Å². The molecule has 0 aliphatic heterocycles. The van der Waals surface area contributed by atoms with Gasteiger partial charge in [-0.15, -0.1) is 0 Å². The topological polar surface area (TPSA) is 51.5 Å². The van der Waals surface area contributed by atoms with Gasteiger partial charge in [0.1, 0.15) is 11.5 Å². The molecule has 0 fully saturated rings. The van der Waals surface area contributed by atoms with Crippen molar-refractivity contribution in [2.45, 2.75) is 32.7 Å². The number of carbonyl (C=O) groups excluding carboxylic acids is 1. The molecular weight excluding hydrogens is 266 g/mol. The third-order valence-electron chi connectivity index (χ3n) is 3.46. The minimum Gasteiger partial charge on any atom is -0.483 e. The van der Waals surface area contributed by atoms with E-state index < -0.39 is 0 Å². The molecule has 0 aliphatic rings.